The maximum atomic E-state index is 12.7. The number of carboxylic acids is 1. The van der Waals surface area contributed by atoms with Crippen molar-refractivity contribution in [2.45, 2.75) is 18.6 Å². The summed E-state index contributed by atoms with van der Waals surface area (Å²) in [5.74, 6) is -2.98. The Balaban J connectivity index is 1.75. The lowest BCUT2D eigenvalue weighted by Crippen LogP contribution is -2.45. The first-order chi connectivity index (χ1) is 10.0. The molecule has 2 fully saturated rings. The standard InChI is InChI=1S/C16H15NO4/c1-9-3-2-4-10(7-9)17-8-16-6-5-11(21-16)12(15(19)20)13(16)14(17)18/h2-7,11-13H,8H2,1H3,(H,19,20)/p-1/t11-,12+,13-,16-/m1/s1. The van der Waals surface area contributed by atoms with E-state index in [2.05, 4.69) is 0 Å². The molecule has 4 rings (SSSR count). The van der Waals surface area contributed by atoms with Crippen molar-refractivity contribution in [2.24, 2.45) is 11.8 Å². The molecule has 0 aliphatic carbocycles. The van der Waals surface area contributed by atoms with Crippen LogP contribution in [0.3, 0.4) is 0 Å². The third-order valence-corrected chi connectivity index (χ3v) is 4.69. The van der Waals surface area contributed by atoms with Crippen molar-refractivity contribution in [1.82, 2.24) is 0 Å². The van der Waals surface area contributed by atoms with E-state index >= 15 is 0 Å². The molecule has 0 saturated carbocycles. The zero-order chi connectivity index (χ0) is 14.8. The molecule has 2 bridgehead atoms. The fourth-order valence-corrected chi connectivity index (χ4v) is 3.78. The van der Waals surface area contributed by atoms with Gasteiger partial charge in [0.25, 0.3) is 0 Å². The Kier molecular flexibility index (Phi) is 2.37. The van der Waals surface area contributed by atoms with Crippen LogP contribution in [-0.4, -0.2) is 30.1 Å². The van der Waals surface area contributed by atoms with Gasteiger partial charge >= 0.3 is 0 Å². The normalized spacial score (nSPS) is 36.3. The second-order valence-corrected chi connectivity index (χ2v) is 5.98. The fraction of sp³-hybridized carbons (Fsp3) is 0.375. The summed E-state index contributed by atoms with van der Waals surface area (Å²) in [4.78, 5) is 25.7. The molecule has 5 heteroatoms. The summed E-state index contributed by atoms with van der Waals surface area (Å²) in [5.41, 5.74) is 1.02. The van der Waals surface area contributed by atoms with Crippen LogP contribution in [0.25, 0.3) is 0 Å². The molecule has 3 aliphatic heterocycles. The quantitative estimate of drug-likeness (QED) is 0.719. The zero-order valence-electron chi connectivity index (χ0n) is 11.5. The summed E-state index contributed by atoms with van der Waals surface area (Å²) in [7, 11) is 0. The molecule has 0 N–H and O–H groups in total. The molecule has 1 spiro atoms. The average Bonchev–Trinajstić information content (AvgIpc) is 3.07. The fourth-order valence-electron chi connectivity index (χ4n) is 3.78. The van der Waals surface area contributed by atoms with Crippen LogP contribution in [-0.2, 0) is 14.3 Å². The van der Waals surface area contributed by atoms with Crippen LogP contribution in [0.5, 0.6) is 0 Å². The van der Waals surface area contributed by atoms with E-state index in [0.717, 1.165) is 11.3 Å². The third kappa shape index (κ3) is 1.55. The average molecular weight is 284 g/mol. The maximum absolute atomic E-state index is 12.7. The van der Waals surface area contributed by atoms with Gasteiger partial charge in [0, 0.05) is 17.6 Å². The Morgan fingerprint density at radius 1 is 1.48 bits per heavy atom. The molecule has 3 aliphatic rings. The summed E-state index contributed by atoms with van der Waals surface area (Å²) in [5, 5.41) is 11.4. The molecule has 1 amide bonds. The van der Waals surface area contributed by atoms with E-state index in [9.17, 15) is 14.7 Å². The number of carbonyl (C=O) groups excluding carboxylic acids is 2. The van der Waals surface area contributed by atoms with Crippen LogP contribution in [0.4, 0.5) is 5.69 Å². The van der Waals surface area contributed by atoms with Gasteiger partial charge in [0.05, 0.1) is 18.6 Å². The molecule has 0 radical (unpaired) electrons. The van der Waals surface area contributed by atoms with E-state index < -0.39 is 29.5 Å². The molecule has 0 aromatic heterocycles. The lowest BCUT2D eigenvalue weighted by Gasteiger charge is -2.24. The number of hydrogen-bond donors (Lipinski definition) is 0. The van der Waals surface area contributed by atoms with Crippen LogP contribution in [0, 0.1) is 18.8 Å². The van der Waals surface area contributed by atoms with E-state index in [1.807, 2.05) is 37.3 Å². The van der Waals surface area contributed by atoms with Crippen LogP contribution in [0.2, 0.25) is 0 Å². The van der Waals surface area contributed by atoms with E-state index in [1.165, 1.54) is 0 Å². The predicted molar refractivity (Wildman–Crippen MR) is 72.3 cm³/mol. The molecule has 108 valence electrons. The van der Waals surface area contributed by atoms with Crippen molar-refractivity contribution in [1.29, 1.82) is 0 Å². The topological polar surface area (TPSA) is 69.7 Å². The van der Waals surface area contributed by atoms with E-state index in [-0.39, 0.29) is 5.91 Å². The van der Waals surface area contributed by atoms with Crippen LogP contribution in [0.1, 0.15) is 5.56 Å². The highest BCUT2D eigenvalue weighted by Gasteiger charge is 2.65. The Morgan fingerprint density at radius 2 is 2.29 bits per heavy atom. The predicted octanol–water partition coefficient (Wildman–Crippen LogP) is 0.0313. The number of aryl methyl sites for hydroxylation is 1. The van der Waals surface area contributed by atoms with Crippen LogP contribution >= 0.6 is 0 Å². The monoisotopic (exact) mass is 284 g/mol. The molecule has 0 unspecified atom stereocenters. The van der Waals surface area contributed by atoms with Gasteiger partial charge in [0.2, 0.25) is 5.91 Å². The van der Waals surface area contributed by atoms with Crippen molar-refractivity contribution in [2.75, 3.05) is 11.4 Å². The highest BCUT2D eigenvalue weighted by molar-refractivity contribution is 6.02. The maximum Gasteiger partial charge on any atom is 0.234 e. The lowest BCUT2D eigenvalue weighted by atomic mass is 9.77. The van der Waals surface area contributed by atoms with Gasteiger partial charge in [-0.1, -0.05) is 24.3 Å². The van der Waals surface area contributed by atoms with Gasteiger partial charge in [-0.25, -0.2) is 0 Å². The first kappa shape index (κ1) is 12.6. The zero-order valence-corrected chi connectivity index (χ0v) is 11.5. The minimum atomic E-state index is -1.21. The molecule has 5 nitrogen and oxygen atoms in total. The number of anilines is 1. The SMILES string of the molecule is Cc1cccc(N2C[C@@]34C=C[C@@H](O3)[C@H](C(=O)[O-])[C@@H]4C2=O)c1. The van der Waals surface area contributed by atoms with Crippen molar-refractivity contribution in [3.05, 3.63) is 42.0 Å². The van der Waals surface area contributed by atoms with Crippen molar-refractivity contribution >= 4 is 17.6 Å². The molecule has 4 atom stereocenters. The number of nitrogens with zero attached hydrogens (tertiary/aromatic N) is 1. The largest absolute Gasteiger partial charge is 0.550 e. The van der Waals surface area contributed by atoms with Crippen LogP contribution < -0.4 is 10.0 Å². The van der Waals surface area contributed by atoms with Gasteiger partial charge < -0.3 is 19.5 Å². The Hall–Kier alpha value is -2.14. The van der Waals surface area contributed by atoms with Crippen molar-refractivity contribution in [3.8, 4) is 0 Å². The number of amides is 1. The molecular formula is C16H14NO4-. The second kappa shape index (κ2) is 3.95. The van der Waals surface area contributed by atoms with Gasteiger partial charge in [0.15, 0.2) is 0 Å². The smallest absolute Gasteiger partial charge is 0.234 e. The highest BCUT2D eigenvalue weighted by atomic mass is 16.5. The first-order valence-electron chi connectivity index (χ1n) is 6.98. The number of carboxylic acid groups (broad SMARTS) is 1. The highest BCUT2D eigenvalue weighted by Crippen LogP contribution is 2.52. The molecule has 1 aromatic rings. The van der Waals surface area contributed by atoms with Crippen LogP contribution in [0.15, 0.2) is 36.4 Å². The number of carbonyl (C=O) groups is 2. The number of aliphatic carboxylic acids is 1. The number of benzene rings is 1. The number of hydrogen-bond acceptors (Lipinski definition) is 4. The molecule has 2 saturated heterocycles. The molecule has 3 heterocycles. The third-order valence-electron chi connectivity index (χ3n) is 4.69. The minimum Gasteiger partial charge on any atom is -0.550 e. The minimum absolute atomic E-state index is 0.193. The second-order valence-electron chi connectivity index (χ2n) is 5.98. The Labute approximate surface area is 121 Å². The van der Waals surface area contributed by atoms with Crippen molar-refractivity contribution in [3.63, 3.8) is 0 Å². The summed E-state index contributed by atoms with van der Waals surface area (Å²) in [6.45, 7) is 2.31. The summed E-state index contributed by atoms with van der Waals surface area (Å²) < 4.78 is 5.82. The number of rotatable bonds is 2. The molecule has 21 heavy (non-hydrogen) atoms. The van der Waals surface area contributed by atoms with Gasteiger partial charge in [0.1, 0.15) is 5.60 Å². The number of fused-ring (bicyclic) bond motifs is 1. The summed E-state index contributed by atoms with van der Waals surface area (Å²) in [6.07, 6.45) is 3.04. The lowest BCUT2D eigenvalue weighted by molar-refractivity contribution is -0.313. The van der Waals surface area contributed by atoms with E-state index in [4.69, 9.17) is 4.74 Å². The van der Waals surface area contributed by atoms with Crippen molar-refractivity contribution < 1.29 is 19.4 Å². The van der Waals surface area contributed by atoms with Gasteiger partial charge in [-0.2, -0.15) is 0 Å². The molecular weight excluding hydrogens is 270 g/mol. The Morgan fingerprint density at radius 3 is 3.00 bits per heavy atom. The van der Waals surface area contributed by atoms with E-state index in [0.29, 0.717) is 6.54 Å². The number of ether oxygens (including phenoxy) is 1. The summed E-state index contributed by atoms with van der Waals surface area (Å²) >= 11 is 0. The first-order valence-corrected chi connectivity index (χ1v) is 6.98. The van der Waals surface area contributed by atoms with E-state index in [1.54, 1.807) is 11.0 Å². The Bertz CT molecular complexity index is 683. The van der Waals surface area contributed by atoms with Gasteiger partial charge in [-0.15, -0.1) is 0 Å². The summed E-state index contributed by atoms with van der Waals surface area (Å²) in [6, 6.07) is 7.61. The van der Waals surface area contributed by atoms with Gasteiger partial charge in [-0.3, -0.25) is 4.79 Å². The molecule has 1 aromatic carbocycles. The van der Waals surface area contributed by atoms with Gasteiger partial charge in [-0.05, 0) is 24.6 Å².